The fourth-order valence-electron chi connectivity index (χ4n) is 5.13. The van der Waals surface area contributed by atoms with Gasteiger partial charge in [0.25, 0.3) is 0 Å². The molecule has 0 radical (unpaired) electrons. The number of carbonyl (C=O) groups excluding carboxylic acids is 2. The van der Waals surface area contributed by atoms with Crippen LogP contribution >= 0.6 is 23.2 Å². The van der Waals surface area contributed by atoms with Crippen molar-refractivity contribution >= 4 is 50.7 Å². The number of carbonyl (C=O) groups is 2. The Bertz CT molecular complexity index is 1250. The van der Waals surface area contributed by atoms with Gasteiger partial charge in [-0.25, -0.2) is 8.42 Å². The normalized spacial score (nSPS) is 15.0. The highest BCUT2D eigenvalue weighted by Crippen LogP contribution is 2.31. The molecule has 1 aliphatic rings. The number of hydrogen-bond acceptors (Lipinski definition) is 4. The summed E-state index contributed by atoms with van der Waals surface area (Å²) in [7, 11) is -3.68. The molecule has 1 N–H and O–H groups in total. The number of nitrogens with one attached hydrogen (secondary N) is 1. The highest BCUT2D eigenvalue weighted by atomic mass is 35.5. The fourth-order valence-corrected chi connectivity index (χ4v) is 6.54. The maximum atomic E-state index is 13.6. The molecule has 214 valence electrons. The molecule has 2 aromatic carbocycles. The third-order valence-electron chi connectivity index (χ3n) is 7.10. The molecule has 0 saturated heterocycles. The predicted molar refractivity (Wildman–Crippen MR) is 159 cm³/mol. The average Bonchev–Trinajstić information content (AvgIpc) is 2.88. The molecule has 10 heteroatoms. The summed E-state index contributed by atoms with van der Waals surface area (Å²) in [5, 5.41) is 3.79. The number of halogens is 2. The standard InChI is InChI=1S/C29H39Cl2N3O4S/c1-4-26(29(36)32-24-12-6-5-7-13-24)33(20-22-11-8-10-21(2)18-22)28(35)14-9-17-34(39(3,37)38)27-19-23(30)15-16-25(27)31/h8,10-11,15-16,18-19,24,26H,4-7,9,12-14,17,20H2,1-3H3,(H,32,36)/t26-/m1/s1. The van der Waals surface area contributed by atoms with Crippen molar-refractivity contribution in [2.45, 2.75) is 83.8 Å². The molecule has 0 aliphatic heterocycles. The quantitative estimate of drug-likeness (QED) is 0.321. The zero-order chi connectivity index (χ0) is 28.6. The van der Waals surface area contributed by atoms with Crippen LogP contribution in [0.15, 0.2) is 42.5 Å². The van der Waals surface area contributed by atoms with Crippen LogP contribution in [-0.4, -0.2) is 50.0 Å². The lowest BCUT2D eigenvalue weighted by atomic mass is 9.95. The number of anilines is 1. The van der Waals surface area contributed by atoms with Crippen molar-refractivity contribution in [3.63, 3.8) is 0 Å². The Morgan fingerprint density at radius 1 is 1.08 bits per heavy atom. The van der Waals surface area contributed by atoms with Gasteiger partial charge in [0.15, 0.2) is 0 Å². The van der Waals surface area contributed by atoms with Gasteiger partial charge in [0, 0.05) is 30.6 Å². The Morgan fingerprint density at radius 2 is 1.79 bits per heavy atom. The van der Waals surface area contributed by atoms with Crippen molar-refractivity contribution in [2.75, 3.05) is 17.1 Å². The average molecular weight is 597 g/mol. The van der Waals surface area contributed by atoms with E-state index in [1.54, 1.807) is 17.0 Å². The zero-order valence-corrected chi connectivity index (χ0v) is 25.3. The Hall–Kier alpha value is -2.29. The molecule has 0 spiro atoms. The van der Waals surface area contributed by atoms with Gasteiger partial charge in [0.1, 0.15) is 6.04 Å². The summed E-state index contributed by atoms with van der Waals surface area (Å²) in [4.78, 5) is 28.7. The van der Waals surface area contributed by atoms with E-state index in [1.807, 2.05) is 38.1 Å². The Balaban J connectivity index is 1.78. The van der Waals surface area contributed by atoms with Gasteiger partial charge in [-0.3, -0.25) is 13.9 Å². The van der Waals surface area contributed by atoms with Gasteiger partial charge in [0.2, 0.25) is 21.8 Å². The molecule has 2 aromatic rings. The molecule has 1 fully saturated rings. The first-order chi connectivity index (χ1) is 18.5. The number of rotatable bonds is 12. The smallest absolute Gasteiger partial charge is 0.243 e. The highest BCUT2D eigenvalue weighted by molar-refractivity contribution is 7.92. The minimum atomic E-state index is -3.68. The molecule has 1 aliphatic carbocycles. The molecule has 2 amide bonds. The zero-order valence-electron chi connectivity index (χ0n) is 23.0. The summed E-state index contributed by atoms with van der Waals surface area (Å²) in [6.45, 7) is 4.25. The van der Waals surface area contributed by atoms with Crippen molar-refractivity contribution in [3.8, 4) is 0 Å². The van der Waals surface area contributed by atoms with Crippen LogP contribution in [-0.2, 0) is 26.2 Å². The van der Waals surface area contributed by atoms with Crippen molar-refractivity contribution in [1.29, 1.82) is 0 Å². The van der Waals surface area contributed by atoms with E-state index >= 15 is 0 Å². The van der Waals surface area contributed by atoms with Gasteiger partial charge in [-0.1, -0.05) is 79.2 Å². The lowest BCUT2D eigenvalue weighted by molar-refractivity contribution is -0.141. The molecule has 39 heavy (non-hydrogen) atoms. The summed E-state index contributed by atoms with van der Waals surface area (Å²) in [5.74, 6) is -0.332. The Labute approximate surface area is 242 Å². The van der Waals surface area contributed by atoms with E-state index in [0.29, 0.717) is 18.0 Å². The van der Waals surface area contributed by atoms with E-state index in [4.69, 9.17) is 23.2 Å². The molecule has 0 aromatic heterocycles. The van der Waals surface area contributed by atoms with E-state index in [0.717, 1.165) is 43.1 Å². The highest BCUT2D eigenvalue weighted by Gasteiger charge is 2.30. The Kier molecular flexibility index (Phi) is 11.5. The third-order valence-corrected chi connectivity index (χ3v) is 8.84. The molecule has 0 bridgehead atoms. The number of amides is 2. The second kappa shape index (κ2) is 14.4. The van der Waals surface area contributed by atoms with Crippen molar-refractivity contribution in [1.82, 2.24) is 10.2 Å². The topological polar surface area (TPSA) is 86.8 Å². The molecule has 3 rings (SSSR count). The lowest BCUT2D eigenvalue weighted by Crippen LogP contribution is -2.51. The van der Waals surface area contributed by atoms with Gasteiger partial charge < -0.3 is 10.2 Å². The summed E-state index contributed by atoms with van der Waals surface area (Å²) >= 11 is 12.4. The minimum Gasteiger partial charge on any atom is -0.352 e. The van der Waals surface area contributed by atoms with Crippen LogP contribution in [0.4, 0.5) is 5.69 Å². The van der Waals surface area contributed by atoms with Crippen LogP contribution in [0.25, 0.3) is 0 Å². The predicted octanol–water partition coefficient (Wildman–Crippen LogP) is 6.10. The number of aryl methyl sites for hydroxylation is 1. The fraction of sp³-hybridized carbons (Fsp3) is 0.517. The summed E-state index contributed by atoms with van der Waals surface area (Å²) < 4.78 is 26.3. The molecule has 7 nitrogen and oxygen atoms in total. The van der Waals surface area contributed by atoms with Gasteiger partial charge in [-0.05, 0) is 56.4 Å². The van der Waals surface area contributed by atoms with Crippen LogP contribution in [0, 0.1) is 6.92 Å². The van der Waals surface area contributed by atoms with Crippen LogP contribution < -0.4 is 9.62 Å². The third kappa shape index (κ3) is 9.12. The Morgan fingerprint density at radius 3 is 2.44 bits per heavy atom. The first-order valence-corrected chi connectivity index (χ1v) is 16.2. The van der Waals surface area contributed by atoms with Gasteiger partial charge in [-0.15, -0.1) is 0 Å². The minimum absolute atomic E-state index is 0.0496. The number of benzene rings is 2. The van der Waals surface area contributed by atoms with E-state index in [1.165, 1.54) is 16.8 Å². The second-order valence-electron chi connectivity index (χ2n) is 10.3. The van der Waals surface area contributed by atoms with E-state index in [-0.39, 0.29) is 48.0 Å². The maximum Gasteiger partial charge on any atom is 0.243 e. The number of sulfonamides is 1. The maximum absolute atomic E-state index is 13.6. The summed E-state index contributed by atoms with van der Waals surface area (Å²) in [6, 6.07) is 12.0. The van der Waals surface area contributed by atoms with E-state index in [9.17, 15) is 18.0 Å². The molecule has 0 unspecified atom stereocenters. The van der Waals surface area contributed by atoms with Crippen LogP contribution in [0.2, 0.25) is 10.0 Å². The van der Waals surface area contributed by atoms with E-state index in [2.05, 4.69) is 5.32 Å². The van der Waals surface area contributed by atoms with Gasteiger partial charge >= 0.3 is 0 Å². The molecule has 1 atom stereocenters. The first kappa shape index (κ1) is 31.2. The van der Waals surface area contributed by atoms with Crippen LogP contribution in [0.1, 0.15) is 69.4 Å². The van der Waals surface area contributed by atoms with Gasteiger partial charge in [0.05, 0.1) is 17.0 Å². The molecular weight excluding hydrogens is 557 g/mol. The monoisotopic (exact) mass is 595 g/mol. The largest absolute Gasteiger partial charge is 0.352 e. The molecule has 1 saturated carbocycles. The van der Waals surface area contributed by atoms with Crippen molar-refractivity contribution < 1.29 is 18.0 Å². The number of nitrogens with zero attached hydrogens (tertiary/aromatic N) is 2. The second-order valence-corrected chi connectivity index (χ2v) is 13.1. The molecular formula is C29H39Cl2N3O4S. The first-order valence-electron chi connectivity index (χ1n) is 13.6. The number of hydrogen-bond donors (Lipinski definition) is 1. The van der Waals surface area contributed by atoms with Crippen molar-refractivity contribution in [3.05, 3.63) is 63.6 Å². The van der Waals surface area contributed by atoms with Crippen LogP contribution in [0.5, 0.6) is 0 Å². The summed E-state index contributed by atoms with van der Waals surface area (Å²) in [6.07, 6.45) is 7.20. The summed E-state index contributed by atoms with van der Waals surface area (Å²) in [5.41, 5.74) is 2.28. The van der Waals surface area contributed by atoms with Crippen molar-refractivity contribution in [2.24, 2.45) is 0 Å². The lowest BCUT2D eigenvalue weighted by Gasteiger charge is -2.33. The molecule has 0 heterocycles. The van der Waals surface area contributed by atoms with E-state index < -0.39 is 16.1 Å². The SMILES string of the molecule is CC[C@H](C(=O)NC1CCCCC1)N(Cc1cccc(C)c1)C(=O)CCCN(c1cc(Cl)ccc1Cl)S(C)(=O)=O. The van der Waals surface area contributed by atoms with Crippen LogP contribution in [0.3, 0.4) is 0 Å². The van der Waals surface area contributed by atoms with Gasteiger partial charge in [-0.2, -0.15) is 0 Å².